The molecule has 0 spiro atoms. The van der Waals surface area contributed by atoms with E-state index in [-0.39, 0.29) is 12.5 Å². The third kappa shape index (κ3) is 6.51. The molecule has 0 bridgehead atoms. The Morgan fingerprint density at radius 1 is 1.09 bits per heavy atom. The highest BCUT2D eigenvalue weighted by Crippen LogP contribution is 2.22. The van der Waals surface area contributed by atoms with Crippen molar-refractivity contribution in [1.29, 1.82) is 5.26 Å². The Hall–Kier alpha value is -4.00. The number of morpholine rings is 1. The summed E-state index contributed by atoms with van der Waals surface area (Å²) in [6, 6.07) is 18.4. The molecule has 2 heterocycles. The van der Waals surface area contributed by atoms with Crippen LogP contribution in [0.25, 0.3) is 11.3 Å². The lowest BCUT2D eigenvalue weighted by Gasteiger charge is -2.26. The smallest absolute Gasteiger partial charge is 0.252 e. The van der Waals surface area contributed by atoms with Gasteiger partial charge in [0, 0.05) is 42.6 Å². The Kier molecular flexibility index (Phi) is 8.00. The fourth-order valence-electron chi connectivity index (χ4n) is 3.47. The summed E-state index contributed by atoms with van der Waals surface area (Å²) in [6.45, 7) is 4.97. The SMILES string of the molecule is N#CCNC(=O)c1ccc(-c2ccnc(Nc3ccc(OCCN4CCOCC4)cc3)n2)cc1. The van der Waals surface area contributed by atoms with E-state index in [0.717, 1.165) is 55.5 Å². The molecule has 2 aromatic carbocycles. The zero-order valence-corrected chi connectivity index (χ0v) is 18.7. The van der Waals surface area contributed by atoms with Crippen molar-refractivity contribution < 1.29 is 14.3 Å². The van der Waals surface area contributed by atoms with E-state index in [1.165, 1.54) is 0 Å². The van der Waals surface area contributed by atoms with Gasteiger partial charge in [-0.05, 0) is 42.5 Å². The van der Waals surface area contributed by atoms with Gasteiger partial charge in [-0.1, -0.05) is 12.1 Å². The van der Waals surface area contributed by atoms with Crippen LogP contribution < -0.4 is 15.4 Å². The minimum atomic E-state index is -0.285. The van der Waals surface area contributed by atoms with Crippen molar-refractivity contribution in [1.82, 2.24) is 20.2 Å². The van der Waals surface area contributed by atoms with Gasteiger partial charge in [0.15, 0.2) is 0 Å². The monoisotopic (exact) mass is 458 g/mol. The van der Waals surface area contributed by atoms with Crippen LogP contribution in [-0.2, 0) is 4.74 Å². The van der Waals surface area contributed by atoms with Crippen LogP contribution in [0.5, 0.6) is 5.75 Å². The molecule has 0 unspecified atom stereocenters. The van der Waals surface area contributed by atoms with Gasteiger partial charge in [0.25, 0.3) is 5.91 Å². The second-order valence-corrected chi connectivity index (χ2v) is 7.64. The number of carbonyl (C=O) groups is 1. The summed E-state index contributed by atoms with van der Waals surface area (Å²) >= 11 is 0. The minimum Gasteiger partial charge on any atom is -0.492 e. The van der Waals surface area contributed by atoms with Gasteiger partial charge in [-0.25, -0.2) is 9.97 Å². The number of aromatic nitrogens is 2. The third-order valence-electron chi connectivity index (χ3n) is 5.32. The van der Waals surface area contributed by atoms with Gasteiger partial charge < -0.3 is 20.1 Å². The van der Waals surface area contributed by atoms with Gasteiger partial charge in [-0.15, -0.1) is 0 Å². The van der Waals surface area contributed by atoms with Crippen molar-refractivity contribution in [2.24, 2.45) is 0 Å². The number of ether oxygens (including phenoxy) is 2. The number of nitrogens with one attached hydrogen (secondary N) is 2. The van der Waals surface area contributed by atoms with E-state index >= 15 is 0 Å². The third-order valence-corrected chi connectivity index (χ3v) is 5.32. The summed E-state index contributed by atoms with van der Waals surface area (Å²) in [5.74, 6) is 0.994. The van der Waals surface area contributed by atoms with Crippen molar-refractivity contribution in [3.8, 4) is 23.1 Å². The zero-order chi connectivity index (χ0) is 23.6. The lowest BCUT2D eigenvalue weighted by Crippen LogP contribution is -2.38. The number of anilines is 2. The quantitative estimate of drug-likeness (QED) is 0.471. The first-order valence-electron chi connectivity index (χ1n) is 11.1. The minimum absolute atomic E-state index is 0.0247. The van der Waals surface area contributed by atoms with E-state index in [1.54, 1.807) is 24.4 Å². The average molecular weight is 459 g/mol. The molecule has 1 aliphatic heterocycles. The average Bonchev–Trinajstić information content (AvgIpc) is 2.89. The highest BCUT2D eigenvalue weighted by atomic mass is 16.5. The maximum atomic E-state index is 11.9. The normalized spacial score (nSPS) is 13.6. The van der Waals surface area contributed by atoms with Crippen LogP contribution in [0, 0.1) is 11.3 Å². The molecule has 34 heavy (non-hydrogen) atoms. The fraction of sp³-hybridized carbons (Fsp3) is 0.280. The molecule has 1 saturated heterocycles. The lowest BCUT2D eigenvalue weighted by atomic mass is 10.1. The summed E-state index contributed by atoms with van der Waals surface area (Å²) in [7, 11) is 0. The van der Waals surface area contributed by atoms with Crippen molar-refractivity contribution in [2.75, 3.05) is 51.3 Å². The predicted octanol–water partition coefficient (Wildman–Crippen LogP) is 2.85. The molecule has 9 heteroatoms. The molecular weight excluding hydrogens is 432 g/mol. The standard InChI is InChI=1S/C25H26N6O3/c26-10-12-27-24(32)20-3-1-19(2-4-20)23-9-11-28-25(30-23)29-21-5-7-22(8-6-21)34-18-15-31-13-16-33-17-14-31/h1-9,11H,12-18H2,(H,27,32)(H,28,29,30). The van der Waals surface area contributed by atoms with Crippen LogP contribution in [-0.4, -0.2) is 66.8 Å². The number of amides is 1. The first kappa shape index (κ1) is 23.2. The summed E-state index contributed by atoms with van der Waals surface area (Å²) in [4.78, 5) is 23.2. The zero-order valence-electron chi connectivity index (χ0n) is 18.7. The maximum Gasteiger partial charge on any atom is 0.252 e. The number of hydrogen-bond acceptors (Lipinski definition) is 8. The Bertz CT molecular complexity index is 1120. The number of hydrogen-bond donors (Lipinski definition) is 2. The van der Waals surface area contributed by atoms with E-state index in [2.05, 4.69) is 25.5 Å². The van der Waals surface area contributed by atoms with E-state index in [0.29, 0.717) is 18.1 Å². The van der Waals surface area contributed by atoms with Crippen LogP contribution in [0.4, 0.5) is 11.6 Å². The fourth-order valence-corrected chi connectivity index (χ4v) is 3.47. The Labute approximate surface area is 198 Å². The molecule has 1 aromatic heterocycles. The van der Waals surface area contributed by atoms with Crippen molar-refractivity contribution >= 4 is 17.5 Å². The Morgan fingerprint density at radius 3 is 2.59 bits per heavy atom. The van der Waals surface area contributed by atoms with Gasteiger partial charge in [-0.3, -0.25) is 9.69 Å². The van der Waals surface area contributed by atoms with Gasteiger partial charge >= 0.3 is 0 Å². The molecule has 0 atom stereocenters. The second-order valence-electron chi connectivity index (χ2n) is 7.64. The first-order chi connectivity index (χ1) is 16.7. The molecule has 1 aliphatic rings. The molecule has 1 fully saturated rings. The number of rotatable bonds is 9. The van der Waals surface area contributed by atoms with Gasteiger partial charge in [0.2, 0.25) is 5.95 Å². The van der Waals surface area contributed by atoms with Crippen molar-refractivity contribution in [2.45, 2.75) is 0 Å². The second kappa shape index (κ2) is 11.7. The Balaban J connectivity index is 1.32. The number of carbonyl (C=O) groups excluding carboxylic acids is 1. The van der Waals surface area contributed by atoms with Gasteiger partial charge in [0.1, 0.15) is 18.9 Å². The summed E-state index contributed by atoms with van der Waals surface area (Å²) < 4.78 is 11.2. The maximum absolute atomic E-state index is 11.9. The van der Waals surface area contributed by atoms with E-state index in [4.69, 9.17) is 14.7 Å². The molecule has 3 aromatic rings. The topological polar surface area (TPSA) is 112 Å². The van der Waals surface area contributed by atoms with E-state index in [1.807, 2.05) is 42.5 Å². The van der Waals surface area contributed by atoms with Crippen LogP contribution in [0.3, 0.4) is 0 Å². The van der Waals surface area contributed by atoms with Crippen LogP contribution >= 0.6 is 0 Å². The van der Waals surface area contributed by atoms with Crippen LogP contribution in [0.2, 0.25) is 0 Å². The molecule has 174 valence electrons. The van der Waals surface area contributed by atoms with Crippen molar-refractivity contribution in [3.05, 3.63) is 66.4 Å². The number of nitrogens with zero attached hydrogens (tertiary/aromatic N) is 4. The first-order valence-corrected chi connectivity index (χ1v) is 11.1. The molecule has 4 rings (SSSR count). The molecule has 2 N–H and O–H groups in total. The molecule has 1 amide bonds. The summed E-state index contributed by atoms with van der Waals surface area (Å²) in [5.41, 5.74) is 2.91. The molecule has 0 radical (unpaired) electrons. The van der Waals surface area contributed by atoms with Gasteiger partial charge in [0.05, 0.1) is 25.0 Å². The summed E-state index contributed by atoms with van der Waals surface area (Å²) in [6.07, 6.45) is 1.68. The molecular formula is C25H26N6O3. The molecule has 0 saturated carbocycles. The van der Waals surface area contributed by atoms with Crippen LogP contribution in [0.1, 0.15) is 10.4 Å². The predicted molar refractivity (Wildman–Crippen MR) is 128 cm³/mol. The van der Waals surface area contributed by atoms with Gasteiger partial charge in [-0.2, -0.15) is 5.26 Å². The van der Waals surface area contributed by atoms with E-state index < -0.39 is 0 Å². The largest absolute Gasteiger partial charge is 0.492 e. The van der Waals surface area contributed by atoms with Crippen molar-refractivity contribution in [3.63, 3.8) is 0 Å². The van der Waals surface area contributed by atoms with E-state index in [9.17, 15) is 4.79 Å². The number of benzene rings is 2. The number of nitriles is 1. The summed E-state index contributed by atoms with van der Waals surface area (Å²) in [5, 5.41) is 14.3. The Morgan fingerprint density at radius 2 is 1.85 bits per heavy atom. The van der Waals surface area contributed by atoms with Crippen LogP contribution in [0.15, 0.2) is 60.8 Å². The highest BCUT2D eigenvalue weighted by molar-refractivity contribution is 5.94. The molecule has 9 nitrogen and oxygen atoms in total. The molecule has 0 aliphatic carbocycles. The highest BCUT2D eigenvalue weighted by Gasteiger charge is 2.10. The lowest BCUT2D eigenvalue weighted by molar-refractivity contribution is 0.0322.